The van der Waals surface area contributed by atoms with E-state index in [0.29, 0.717) is 6.04 Å². The third kappa shape index (κ3) is 1.40. The SMILES string of the molecule is c1ccc2c(c1)NCCC2n1cccn1. The number of benzene rings is 1. The van der Waals surface area contributed by atoms with Gasteiger partial charge in [-0.25, -0.2) is 0 Å². The van der Waals surface area contributed by atoms with Gasteiger partial charge in [-0.15, -0.1) is 0 Å². The first-order valence-electron chi connectivity index (χ1n) is 5.27. The molecule has 15 heavy (non-hydrogen) atoms. The lowest BCUT2D eigenvalue weighted by molar-refractivity contribution is 0.491. The van der Waals surface area contributed by atoms with E-state index in [1.165, 1.54) is 11.3 Å². The van der Waals surface area contributed by atoms with Crippen LogP contribution in [0.4, 0.5) is 5.69 Å². The highest BCUT2D eigenvalue weighted by atomic mass is 15.3. The summed E-state index contributed by atoms with van der Waals surface area (Å²) in [7, 11) is 0. The van der Waals surface area contributed by atoms with Crippen molar-refractivity contribution in [2.45, 2.75) is 12.5 Å². The molecular weight excluding hydrogens is 186 g/mol. The zero-order chi connectivity index (χ0) is 10.1. The van der Waals surface area contributed by atoms with E-state index in [-0.39, 0.29) is 0 Å². The summed E-state index contributed by atoms with van der Waals surface area (Å²) in [5, 5.41) is 7.74. The summed E-state index contributed by atoms with van der Waals surface area (Å²) in [5.74, 6) is 0. The molecule has 1 atom stereocenters. The van der Waals surface area contributed by atoms with Crippen molar-refractivity contribution in [3.05, 3.63) is 48.3 Å². The molecule has 1 aliphatic rings. The standard InChI is InChI=1S/C12H13N3/c1-2-5-11-10(4-1)12(6-8-13-11)15-9-3-7-14-15/h1-5,7,9,12-13H,6,8H2. The minimum absolute atomic E-state index is 0.387. The van der Waals surface area contributed by atoms with Crippen LogP contribution in [0.5, 0.6) is 0 Å². The normalized spacial score (nSPS) is 19.3. The Bertz CT molecular complexity index is 448. The summed E-state index contributed by atoms with van der Waals surface area (Å²) in [6, 6.07) is 10.8. The molecule has 1 aromatic carbocycles. The van der Waals surface area contributed by atoms with Crippen LogP contribution >= 0.6 is 0 Å². The van der Waals surface area contributed by atoms with Crippen molar-refractivity contribution in [1.82, 2.24) is 9.78 Å². The van der Waals surface area contributed by atoms with Crippen LogP contribution in [0.1, 0.15) is 18.0 Å². The molecule has 0 radical (unpaired) electrons. The number of hydrogen-bond donors (Lipinski definition) is 1. The fourth-order valence-corrected chi connectivity index (χ4v) is 2.19. The number of fused-ring (bicyclic) bond motifs is 1. The van der Waals surface area contributed by atoms with E-state index >= 15 is 0 Å². The highest BCUT2D eigenvalue weighted by molar-refractivity contribution is 5.54. The van der Waals surface area contributed by atoms with E-state index in [1.807, 2.05) is 23.1 Å². The number of para-hydroxylation sites is 1. The van der Waals surface area contributed by atoms with Gasteiger partial charge in [-0.3, -0.25) is 4.68 Å². The van der Waals surface area contributed by atoms with Gasteiger partial charge in [-0.05, 0) is 24.1 Å². The van der Waals surface area contributed by atoms with Gasteiger partial charge < -0.3 is 5.32 Å². The van der Waals surface area contributed by atoms with Crippen molar-refractivity contribution in [3.8, 4) is 0 Å². The molecule has 2 aromatic rings. The maximum atomic E-state index is 4.33. The molecule has 1 N–H and O–H groups in total. The van der Waals surface area contributed by atoms with Gasteiger partial charge in [0.1, 0.15) is 0 Å². The molecule has 3 heteroatoms. The van der Waals surface area contributed by atoms with Gasteiger partial charge in [0, 0.05) is 24.6 Å². The molecule has 0 saturated heterocycles. The smallest absolute Gasteiger partial charge is 0.0805 e. The molecular formula is C12H13N3. The number of aromatic nitrogens is 2. The summed E-state index contributed by atoms with van der Waals surface area (Å²) < 4.78 is 2.04. The molecule has 3 rings (SSSR count). The lowest BCUT2D eigenvalue weighted by Crippen LogP contribution is -2.22. The lowest BCUT2D eigenvalue weighted by atomic mass is 9.98. The number of nitrogens with one attached hydrogen (secondary N) is 1. The molecule has 1 aliphatic heterocycles. The van der Waals surface area contributed by atoms with Crippen LogP contribution in [-0.4, -0.2) is 16.3 Å². The second kappa shape index (κ2) is 3.42. The largest absolute Gasteiger partial charge is 0.385 e. The van der Waals surface area contributed by atoms with Gasteiger partial charge in [-0.2, -0.15) is 5.10 Å². The van der Waals surface area contributed by atoms with Crippen molar-refractivity contribution < 1.29 is 0 Å². The molecule has 0 fully saturated rings. The molecule has 0 saturated carbocycles. The fourth-order valence-electron chi connectivity index (χ4n) is 2.19. The van der Waals surface area contributed by atoms with Crippen molar-refractivity contribution in [3.63, 3.8) is 0 Å². The Morgan fingerprint density at radius 1 is 1.27 bits per heavy atom. The van der Waals surface area contributed by atoms with E-state index in [9.17, 15) is 0 Å². The van der Waals surface area contributed by atoms with E-state index in [2.05, 4.69) is 34.7 Å². The summed E-state index contributed by atoms with van der Waals surface area (Å²) in [6.45, 7) is 1.02. The van der Waals surface area contributed by atoms with Gasteiger partial charge >= 0.3 is 0 Å². The van der Waals surface area contributed by atoms with Crippen LogP contribution in [0.3, 0.4) is 0 Å². The minimum atomic E-state index is 0.387. The van der Waals surface area contributed by atoms with Crippen LogP contribution < -0.4 is 5.32 Å². The third-order valence-corrected chi connectivity index (χ3v) is 2.90. The maximum absolute atomic E-state index is 4.33. The second-order valence-corrected chi connectivity index (χ2v) is 3.80. The number of nitrogens with zero attached hydrogens (tertiary/aromatic N) is 2. The second-order valence-electron chi connectivity index (χ2n) is 3.80. The lowest BCUT2D eigenvalue weighted by Gasteiger charge is -2.26. The van der Waals surface area contributed by atoms with Crippen LogP contribution in [0.25, 0.3) is 0 Å². The predicted molar refractivity (Wildman–Crippen MR) is 59.9 cm³/mol. The number of rotatable bonds is 1. The summed E-state index contributed by atoms with van der Waals surface area (Å²) in [5.41, 5.74) is 2.58. The molecule has 1 aromatic heterocycles. The summed E-state index contributed by atoms with van der Waals surface area (Å²) in [6.07, 6.45) is 4.97. The van der Waals surface area contributed by atoms with Gasteiger partial charge in [0.05, 0.1) is 6.04 Å². The third-order valence-electron chi connectivity index (χ3n) is 2.90. The van der Waals surface area contributed by atoms with Crippen molar-refractivity contribution in [2.24, 2.45) is 0 Å². The van der Waals surface area contributed by atoms with Crippen molar-refractivity contribution in [2.75, 3.05) is 11.9 Å². The van der Waals surface area contributed by atoms with Gasteiger partial charge in [0.2, 0.25) is 0 Å². The van der Waals surface area contributed by atoms with E-state index in [4.69, 9.17) is 0 Å². The van der Waals surface area contributed by atoms with Gasteiger partial charge in [0.25, 0.3) is 0 Å². The van der Waals surface area contributed by atoms with Crippen LogP contribution in [-0.2, 0) is 0 Å². The van der Waals surface area contributed by atoms with E-state index < -0.39 is 0 Å². The average molecular weight is 199 g/mol. The minimum Gasteiger partial charge on any atom is -0.385 e. The highest BCUT2D eigenvalue weighted by Crippen LogP contribution is 2.31. The first-order valence-corrected chi connectivity index (χ1v) is 5.27. The monoisotopic (exact) mass is 199 g/mol. The Kier molecular flexibility index (Phi) is 1.95. The molecule has 76 valence electrons. The molecule has 1 unspecified atom stereocenters. The van der Waals surface area contributed by atoms with E-state index in [1.54, 1.807) is 0 Å². The molecule has 2 heterocycles. The summed E-state index contributed by atoms with van der Waals surface area (Å²) >= 11 is 0. The van der Waals surface area contributed by atoms with Crippen LogP contribution in [0.15, 0.2) is 42.7 Å². The molecule has 3 nitrogen and oxygen atoms in total. The van der Waals surface area contributed by atoms with Crippen LogP contribution in [0, 0.1) is 0 Å². The Morgan fingerprint density at radius 3 is 3.07 bits per heavy atom. The topological polar surface area (TPSA) is 29.9 Å². The van der Waals surface area contributed by atoms with Crippen molar-refractivity contribution >= 4 is 5.69 Å². The van der Waals surface area contributed by atoms with Gasteiger partial charge in [0.15, 0.2) is 0 Å². The quantitative estimate of drug-likeness (QED) is 0.763. The highest BCUT2D eigenvalue weighted by Gasteiger charge is 2.20. The first kappa shape index (κ1) is 8.53. The Balaban J connectivity index is 2.06. The Morgan fingerprint density at radius 2 is 2.20 bits per heavy atom. The average Bonchev–Trinajstić information content (AvgIpc) is 2.82. The predicted octanol–water partition coefficient (Wildman–Crippen LogP) is 2.29. The zero-order valence-corrected chi connectivity index (χ0v) is 8.43. The maximum Gasteiger partial charge on any atom is 0.0805 e. The zero-order valence-electron chi connectivity index (χ0n) is 8.43. The molecule has 0 amide bonds. The van der Waals surface area contributed by atoms with Gasteiger partial charge in [-0.1, -0.05) is 18.2 Å². The van der Waals surface area contributed by atoms with Crippen LogP contribution in [0.2, 0.25) is 0 Å². The molecule has 0 aliphatic carbocycles. The molecule has 0 spiro atoms. The van der Waals surface area contributed by atoms with Crippen molar-refractivity contribution in [1.29, 1.82) is 0 Å². The first-order chi connectivity index (χ1) is 7.45. The number of hydrogen-bond acceptors (Lipinski definition) is 2. The summed E-state index contributed by atoms with van der Waals surface area (Å²) in [4.78, 5) is 0. The fraction of sp³-hybridized carbons (Fsp3) is 0.250. The van der Waals surface area contributed by atoms with E-state index in [0.717, 1.165) is 13.0 Å². The Labute approximate surface area is 88.7 Å². The molecule has 0 bridgehead atoms. The Hall–Kier alpha value is -1.77. The number of anilines is 1.